The zero-order valence-electron chi connectivity index (χ0n) is 10.3. The molecule has 1 aliphatic carbocycles. The van der Waals surface area contributed by atoms with E-state index < -0.39 is 0 Å². The van der Waals surface area contributed by atoms with Crippen molar-refractivity contribution in [2.75, 3.05) is 12.4 Å². The normalized spacial score (nSPS) is 30.8. The highest BCUT2D eigenvalue weighted by Crippen LogP contribution is 2.41. The van der Waals surface area contributed by atoms with Crippen LogP contribution in [0, 0.1) is 0 Å². The summed E-state index contributed by atoms with van der Waals surface area (Å²) in [5, 5.41) is 3.44. The van der Waals surface area contributed by atoms with Gasteiger partial charge in [0.1, 0.15) is 0 Å². The van der Waals surface area contributed by atoms with Gasteiger partial charge in [0.15, 0.2) is 0 Å². The van der Waals surface area contributed by atoms with Gasteiger partial charge in [-0.25, -0.2) is 0 Å². The lowest BCUT2D eigenvalue weighted by atomic mass is 9.83. The number of ether oxygens (including phenoxy) is 1. The third kappa shape index (κ3) is 3.12. The van der Waals surface area contributed by atoms with Crippen molar-refractivity contribution in [2.45, 2.75) is 69.6 Å². The second-order valence-electron chi connectivity index (χ2n) is 5.49. The van der Waals surface area contributed by atoms with E-state index in [0.29, 0.717) is 18.0 Å². The van der Waals surface area contributed by atoms with Crippen LogP contribution in [-0.2, 0) is 4.74 Å². The molecule has 3 heteroatoms. The Labute approximate surface area is 104 Å². The van der Waals surface area contributed by atoms with Crippen LogP contribution in [0.25, 0.3) is 0 Å². The minimum absolute atomic E-state index is 0.259. The van der Waals surface area contributed by atoms with Gasteiger partial charge in [0, 0.05) is 18.5 Å². The first kappa shape index (κ1) is 12.7. The van der Waals surface area contributed by atoms with Gasteiger partial charge in [0.2, 0.25) is 0 Å². The van der Waals surface area contributed by atoms with E-state index >= 15 is 0 Å². The number of hydrogen-bond donors (Lipinski definition) is 1. The lowest BCUT2D eigenvalue weighted by Gasteiger charge is -2.33. The van der Waals surface area contributed by atoms with Crippen LogP contribution >= 0.6 is 11.6 Å². The Morgan fingerprint density at radius 2 is 2.06 bits per heavy atom. The van der Waals surface area contributed by atoms with Gasteiger partial charge in [-0.1, -0.05) is 19.3 Å². The molecule has 1 saturated carbocycles. The molecule has 0 radical (unpaired) electrons. The summed E-state index contributed by atoms with van der Waals surface area (Å²) in [6, 6.07) is 0.396. The van der Waals surface area contributed by atoms with Gasteiger partial charge >= 0.3 is 0 Å². The van der Waals surface area contributed by atoms with E-state index in [1.807, 2.05) is 0 Å². The molecule has 0 aromatic carbocycles. The molecular weight excluding hydrogens is 222 g/mol. The first-order valence-corrected chi connectivity index (χ1v) is 7.25. The molecule has 0 bridgehead atoms. The molecule has 2 rings (SSSR count). The standard InChI is InChI=1S/C13H24ClNO/c1-11(9-14)15-10-12-5-8-13(16-12)6-3-2-4-7-13/h11-12,15H,2-10H2,1H3. The first-order chi connectivity index (χ1) is 7.74. The van der Waals surface area contributed by atoms with Gasteiger partial charge in [-0.2, -0.15) is 0 Å². The Morgan fingerprint density at radius 3 is 2.75 bits per heavy atom. The lowest BCUT2D eigenvalue weighted by molar-refractivity contribution is -0.0627. The monoisotopic (exact) mass is 245 g/mol. The Hall–Kier alpha value is 0.210. The SMILES string of the molecule is CC(CCl)NCC1CCC2(CCCCC2)O1. The highest BCUT2D eigenvalue weighted by molar-refractivity contribution is 6.18. The molecular formula is C13H24ClNO. The van der Waals surface area contributed by atoms with Gasteiger partial charge in [0.25, 0.3) is 0 Å². The van der Waals surface area contributed by atoms with Gasteiger partial charge < -0.3 is 10.1 Å². The van der Waals surface area contributed by atoms with Crippen molar-refractivity contribution in [3.05, 3.63) is 0 Å². The number of hydrogen-bond acceptors (Lipinski definition) is 2. The van der Waals surface area contributed by atoms with E-state index in [2.05, 4.69) is 12.2 Å². The molecule has 94 valence electrons. The van der Waals surface area contributed by atoms with Crippen molar-refractivity contribution < 1.29 is 4.74 Å². The van der Waals surface area contributed by atoms with E-state index in [1.165, 1.54) is 44.9 Å². The molecule has 2 nitrogen and oxygen atoms in total. The Bertz CT molecular complexity index is 216. The maximum atomic E-state index is 6.28. The number of nitrogens with one attached hydrogen (secondary N) is 1. The molecule has 1 N–H and O–H groups in total. The van der Waals surface area contributed by atoms with Crippen molar-refractivity contribution >= 4 is 11.6 Å². The second kappa shape index (κ2) is 5.70. The van der Waals surface area contributed by atoms with Crippen LogP contribution in [0.5, 0.6) is 0 Å². The average Bonchev–Trinajstić information content (AvgIpc) is 2.70. The summed E-state index contributed by atoms with van der Waals surface area (Å²) in [5.74, 6) is 0.678. The van der Waals surface area contributed by atoms with Gasteiger partial charge in [-0.05, 0) is 32.6 Å². The van der Waals surface area contributed by atoms with Crippen LogP contribution in [-0.4, -0.2) is 30.2 Å². The lowest BCUT2D eigenvalue weighted by Crippen LogP contribution is -2.37. The minimum atomic E-state index is 0.259. The van der Waals surface area contributed by atoms with Crippen LogP contribution in [0.15, 0.2) is 0 Å². The molecule has 1 aliphatic heterocycles. The van der Waals surface area contributed by atoms with Gasteiger partial charge in [-0.15, -0.1) is 11.6 Å². The van der Waals surface area contributed by atoms with E-state index in [-0.39, 0.29) is 5.60 Å². The molecule has 1 saturated heterocycles. The molecule has 1 heterocycles. The molecule has 2 unspecified atom stereocenters. The summed E-state index contributed by atoms with van der Waals surface area (Å²) in [5.41, 5.74) is 0.259. The Morgan fingerprint density at radius 1 is 1.31 bits per heavy atom. The van der Waals surface area contributed by atoms with Crippen LogP contribution in [0.4, 0.5) is 0 Å². The first-order valence-electron chi connectivity index (χ1n) is 6.71. The summed E-state index contributed by atoms with van der Waals surface area (Å²) in [7, 11) is 0. The smallest absolute Gasteiger partial charge is 0.0708 e. The highest BCUT2D eigenvalue weighted by atomic mass is 35.5. The summed E-state index contributed by atoms with van der Waals surface area (Å²) < 4.78 is 6.28. The minimum Gasteiger partial charge on any atom is -0.370 e. The largest absolute Gasteiger partial charge is 0.370 e. The molecule has 0 amide bonds. The van der Waals surface area contributed by atoms with Crippen molar-refractivity contribution in [2.24, 2.45) is 0 Å². The zero-order valence-corrected chi connectivity index (χ0v) is 11.1. The van der Waals surface area contributed by atoms with Crippen molar-refractivity contribution in [3.63, 3.8) is 0 Å². The topological polar surface area (TPSA) is 21.3 Å². The quantitative estimate of drug-likeness (QED) is 0.769. The van der Waals surface area contributed by atoms with Crippen molar-refractivity contribution in [1.29, 1.82) is 0 Å². The van der Waals surface area contributed by atoms with Gasteiger partial charge in [-0.3, -0.25) is 0 Å². The fraction of sp³-hybridized carbons (Fsp3) is 1.00. The van der Waals surface area contributed by atoms with Gasteiger partial charge in [0.05, 0.1) is 11.7 Å². The van der Waals surface area contributed by atoms with Crippen LogP contribution in [0.1, 0.15) is 51.9 Å². The van der Waals surface area contributed by atoms with Crippen LogP contribution in [0.2, 0.25) is 0 Å². The molecule has 0 aromatic heterocycles. The molecule has 0 aromatic rings. The molecule has 1 spiro atoms. The maximum absolute atomic E-state index is 6.28. The van der Waals surface area contributed by atoms with Crippen molar-refractivity contribution in [3.8, 4) is 0 Å². The molecule has 16 heavy (non-hydrogen) atoms. The number of rotatable bonds is 4. The van der Waals surface area contributed by atoms with Crippen molar-refractivity contribution in [1.82, 2.24) is 5.32 Å². The summed E-state index contributed by atoms with van der Waals surface area (Å²) in [6.45, 7) is 3.09. The van der Waals surface area contributed by atoms with Crippen LogP contribution < -0.4 is 5.32 Å². The van der Waals surface area contributed by atoms with E-state index in [0.717, 1.165) is 6.54 Å². The molecule has 2 fully saturated rings. The Kier molecular flexibility index (Phi) is 4.51. The van der Waals surface area contributed by atoms with E-state index in [4.69, 9.17) is 16.3 Å². The van der Waals surface area contributed by atoms with E-state index in [9.17, 15) is 0 Å². The predicted molar refractivity (Wildman–Crippen MR) is 68.1 cm³/mol. The average molecular weight is 246 g/mol. The van der Waals surface area contributed by atoms with Crippen LogP contribution in [0.3, 0.4) is 0 Å². The maximum Gasteiger partial charge on any atom is 0.0708 e. The second-order valence-corrected chi connectivity index (χ2v) is 5.79. The summed E-state index contributed by atoms with van der Waals surface area (Å²) >= 11 is 5.78. The molecule has 2 aliphatic rings. The number of alkyl halides is 1. The predicted octanol–water partition coefficient (Wildman–Crippen LogP) is 3.09. The summed E-state index contributed by atoms with van der Waals surface area (Å²) in [6.07, 6.45) is 9.61. The molecule has 2 atom stereocenters. The summed E-state index contributed by atoms with van der Waals surface area (Å²) in [4.78, 5) is 0. The number of halogens is 1. The van der Waals surface area contributed by atoms with E-state index in [1.54, 1.807) is 0 Å². The third-order valence-corrected chi connectivity index (χ3v) is 4.49. The fourth-order valence-electron chi connectivity index (χ4n) is 2.99. The highest BCUT2D eigenvalue weighted by Gasteiger charge is 2.40. The Balaban J connectivity index is 1.74. The zero-order chi connectivity index (χ0) is 11.4. The third-order valence-electron chi connectivity index (χ3n) is 4.03. The fourth-order valence-corrected chi connectivity index (χ4v) is 3.10.